The van der Waals surface area contributed by atoms with E-state index in [0.717, 1.165) is 41.9 Å². The highest BCUT2D eigenvalue weighted by molar-refractivity contribution is 7.09. The third-order valence-corrected chi connectivity index (χ3v) is 7.97. The van der Waals surface area contributed by atoms with E-state index in [1.54, 1.807) is 13.8 Å². The van der Waals surface area contributed by atoms with Crippen molar-refractivity contribution in [2.45, 2.75) is 59.0 Å². The van der Waals surface area contributed by atoms with E-state index in [9.17, 15) is 24.3 Å². The van der Waals surface area contributed by atoms with Crippen LogP contribution >= 0.6 is 11.5 Å². The highest BCUT2D eigenvalue weighted by atomic mass is 32.1. The van der Waals surface area contributed by atoms with Gasteiger partial charge in [-0.05, 0) is 79.0 Å². The number of aldehydes is 1. The molecule has 1 saturated heterocycles. The van der Waals surface area contributed by atoms with E-state index in [-0.39, 0.29) is 23.5 Å². The average Bonchev–Trinajstić information content (AvgIpc) is 3.69. The summed E-state index contributed by atoms with van der Waals surface area (Å²) in [5.74, 6) is -3.53. The summed E-state index contributed by atoms with van der Waals surface area (Å²) in [5.41, 5.74) is 1.97. The molecule has 2 aromatic carbocycles. The van der Waals surface area contributed by atoms with Crippen molar-refractivity contribution >= 4 is 41.5 Å². The summed E-state index contributed by atoms with van der Waals surface area (Å²) in [7, 11) is 0. The van der Waals surface area contributed by atoms with Gasteiger partial charge in [0.15, 0.2) is 23.7 Å². The second-order valence-corrected chi connectivity index (χ2v) is 12.2. The molecule has 1 aliphatic heterocycles. The van der Waals surface area contributed by atoms with E-state index >= 15 is 4.39 Å². The molecule has 0 saturated carbocycles. The first kappa shape index (κ1) is 32.5. The Morgan fingerprint density at radius 2 is 1.75 bits per heavy atom. The zero-order valence-corrected chi connectivity index (χ0v) is 25.8. The largest absolute Gasteiger partial charge is 0.480 e. The molecular weight excluding hydrogens is 589 g/mol. The summed E-state index contributed by atoms with van der Waals surface area (Å²) in [4.78, 5) is 55.9. The van der Waals surface area contributed by atoms with Gasteiger partial charge in [-0.25, -0.2) is 19.0 Å². The van der Waals surface area contributed by atoms with Crippen LogP contribution in [0.3, 0.4) is 0 Å². The van der Waals surface area contributed by atoms with Crippen LogP contribution in [0, 0.1) is 17.7 Å². The van der Waals surface area contributed by atoms with Crippen LogP contribution < -0.4 is 20.3 Å². The summed E-state index contributed by atoms with van der Waals surface area (Å²) in [5, 5.41) is 14.6. The molecular formula is C31H36FN5O6S. The van der Waals surface area contributed by atoms with Gasteiger partial charge in [0, 0.05) is 29.9 Å². The maximum atomic E-state index is 15.2. The average molecular weight is 626 g/mol. The smallest absolute Gasteiger partial charge is 0.413 e. The number of carbonyl (C=O) groups excluding carboxylic acids is 3. The summed E-state index contributed by atoms with van der Waals surface area (Å²) >= 11 is 1.04. The van der Waals surface area contributed by atoms with Gasteiger partial charge in [0.05, 0.1) is 5.56 Å². The number of aromatic nitrogens is 2. The van der Waals surface area contributed by atoms with Gasteiger partial charge in [0.2, 0.25) is 5.91 Å². The molecule has 1 fully saturated rings. The molecule has 44 heavy (non-hydrogen) atoms. The minimum atomic E-state index is -1.20. The molecule has 0 bridgehead atoms. The van der Waals surface area contributed by atoms with E-state index in [1.807, 2.05) is 38.1 Å². The summed E-state index contributed by atoms with van der Waals surface area (Å²) in [6.45, 7) is 8.99. The van der Waals surface area contributed by atoms with Gasteiger partial charge in [-0.1, -0.05) is 27.7 Å². The van der Waals surface area contributed by atoms with Gasteiger partial charge in [-0.15, -0.1) is 0 Å². The van der Waals surface area contributed by atoms with Crippen molar-refractivity contribution in [1.29, 1.82) is 0 Å². The van der Waals surface area contributed by atoms with E-state index in [4.69, 9.17) is 4.74 Å². The molecule has 234 valence electrons. The zero-order chi connectivity index (χ0) is 32.0. The lowest BCUT2D eigenvalue weighted by atomic mass is 10.0. The molecule has 3 N–H and O–H groups in total. The summed E-state index contributed by atoms with van der Waals surface area (Å²) in [6.07, 6.45) is 1.72. The third kappa shape index (κ3) is 7.95. The van der Waals surface area contributed by atoms with E-state index < -0.39 is 47.5 Å². The lowest BCUT2D eigenvalue weighted by Crippen LogP contribution is -2.54. The standard InChI is InChI=1S/C31H36FN5O6S/c1-17(2)13-24(30(40)41)33-28(39)25(18(3)4)34-31(42)43-26-21(16-38)14-20(15-23(26)32)29-35-27(36-44-29)19-7-9-22(10-8-19)37-11-5-6-12-37/h7-10,14-18,24-25H,5-6,11-13H2,1-4H3,(H,33,39)(H,34,42)(H,40,41). The van der Waals surface area contributed by atoms with Crippen LogP contribution in [0.1, 0.15) is 57.3 Å². The van der Waals surface area contributed by atoms with Crippen LogP contribution in [0.4, 0.5) is 14.9 Å². The Labute approximate surface area is 259 Å². The van der Waals surface area contributed by atoms with Gasteiger partial charge in [-0.3, -0.25) is 9.59 Å². The second kappa shape index (κ2) is 14.4. The molecule has 2 atom stereocenters. The maximum absolute atomic E-state index is 15.2. The molecule has 0 radical (unpaired) electrons. The van der Waals surface area contributed by atoms with Crippen molar-refractivity contribution in [1.82, 2.24) is 20.0 Å². The fraction of sp³-hybridized carbons (Fsp3) is 0.419. The predicted molar refractivity (Wildman–Crippen MR) is 164 cm³/mol. The van der Waals surface area contributed by atoms with Gasteiger partial charge in [0.25, 0.3) is 0 Å². The maximum Gasteiger partial charge on any atom is 0.413 e. The third-order valence-electron chi connectivity index (χ3n) is 7.21. The lowest BCUT2D eigenvalue weighted by molar-refractivity contribution is -0.142. The van der Waals surface area contributed by atoms with Crippen LogP contribution in [-0.2, 0) is 9.59 Å². The van der Waals surface area contributed by atoms with Crippen LogP contribution in [-0.4, -0.2) is 63.9 Å². The fourth-order valence-corrected chi connectivity index (χ4v) is 5.60. The second-order valence-electron chi connectivity index (χ2n) is 11.4. The molecule has 2 amide bonds. The number of carbonyl (C=O) groups is 4. The zero-order valence-electron chi connectivity index (χ0n) is 25.0. The lowest BCUT2D eigenvalue weighted by Gasteiger charge is -2.24. The quantitative estimate of drug-likeness (QED) is 0.232. The molecule has 0 aliphatic carbocycles. The van der Waals surface area contributed by atoms with Crippen molar-refractivity contribution < 1.29 is 33.4 Å². The minimum absolute atomic E-state index is 0.00235. The fourth-order valence-electron chi connectivity index (χ4n) is 4.93. The van der Waals surface area contributed by atoms with Crippen molar-refractivity contribution in [2.24, 2.45) is 11.8 Å². The number of nitrogens with one attached hydrogen (secondary N) is 2. The Hall–Kier alpha value is -4.39. The predicted octanol–water partition coefficient (Wildman–Crippen LogP) is 5.15. The van der Waals surface area contributed by atoms with Gasteiger partial charge in [-0.2, -0.15) is 4.37 Å². The highest BCUT2D eigenvalue weighted by Gasteiger charge is 2.30. The van der Waals surface area contributed by atoms with Crippen molar-refractivity contribution in [3.63, 3.8) is 0 Å². The molecule has 1 aliphatic rings. The number of nitrogens with zero attached hydrogens (tertiary/aromatic N) is 3. The molecule has 1 aromatic heterocycles. The summed E-state index contributed by atoms with van der Waals surface area (Å²) in [6, 6.07) is 8.01. The molecule has 3 aromatic rings. The van der Waals surface area contributed by atoms with Crippen LogP contribution in [0.5, 0.6) is 5.75 Å². The first-order valence-electron chi connectivity index (χ1n) is 14.5. The van der Waals surface area contributed by atoms with Gasteiger partial charge < -0.3 is 25.4 Å². The topological polar surface area (TPSA) is 151 Å². The molecule has 4 rings (SSSR count). The Balaban J connectivity index is 1.47. The van der Waals surface area contributed by atoms with Gasteiger partial charge in [0.1, 0.15) is 17.1 Å². The molecule has 2 heterocycles. The Kier molecular flexibility index (Phi) is 10.6. The first-order chi connectivity index (χ1) is 21.0. The van der Waals surface area contributed by atoms with Gasteiger partial charge >= 0.3 is 12.1 Å². The number of amides is 2. The number of anilines is 1. The van der Waals surface area contributed by atoms with Crippen molar-refractivity contribution in [3.05, 3.63) is 47.8 Å². The number of ether oxygens (including phenoxy) is 1. The van der Waals surface area contributed by atoms with Crippen LogP contribution in [0.2, 0.25) is 0 Å². The van der Waals surface area contributed by atoms with Crippen molar-refractivity contribution in [3.8, 4) is 27.7 Å². The number of carboxylic acid groups (broad SMARTS) is 1. The normalized spacial score (nSPS) is 14.4. The van der Waals surface area contributed by atoms with E-state index in [0.29, 0.717) is 17.1 Å². The number of carboxylic acids is 1. The Bertz CT molecular complexity index is 1500. The molecule has 2 unspecified atom stereocenters. The molecule has 0 spiro atoms. The minimum Gasteiger partial charge on any atom is -0.480 e. The van der Waals surface area contributed by atoms with E-state index in [1.165, 1.54) is 18.9 Å². The molecule has 11 nitrogen and oxygen atoms in total. The number of halogens is 1. The number of aliphatic carboxylic acids is 1. The first-order valence-corrected chi connectivity index (χ1v) is 15.2. The monoisotopic (exact) mass is 625 g/mol. The SMILES string of the molecule is CC(C)CC(NC(=O)C(NC(=O)Oc1c(F)cc(-c2nc(-c3ccc(N4CCCC4)cc3)ns2)cc1C=O)C(C)C)C(=O)O. The Morgan fingerprint density at radius 1 is 1.07 bits per heavy atom. The summed E-state index contributed by atoms with van der Waals surface area (Å²) < 4.78 is 24.8. The number of hydrogen-bond donors (Lipinski definition) is 3. The number of rotatable bonds is 12. The van der Waals surface area contributed by atoms with E-state index in [2.05, 4.69) is 24.9 Å². The Morgan fingerprint density at radius 3 is 2.34 bits per heavy atom. The molecule has 13 heteroatoms. The number of hydrogen-bond acceptors (Lipinski definition) is 9. The van der Waals surface area contributed by atoms with Crippen molar-refractivity contribution in [2.75, 3.05) is 18.0 Å². The number of benzene rings is 2. The van der Waals surface area contributed by atoms with Crippen LogP contribution in [0.15, 0.2) is 36.4 Å². The highest BCUT2D eigenvalue weighted by Crippen LogP contribution is 2.32. The van der Waals surface area contributed by atoms with Crippen LogP contribution in [0.25, 0.3) is 22.0 Å².